The fourth-order valence-corrected chi connectivity index (χ4v) is 2.97. The standard InChI is InChI=1S/C11H22N2/c1-11-6-9(11)5-8(7-12)3-2-4-10(11)13/h8-10H,2-7,12-13H2,1H3. The van der Waals surface area contributed by atoms with Crippen LogP contribution in [0.5, 0.6) is 0 Å². The van der Waals surface area contributed by atoms with E-state index >= 15 is 0 Å². The monoisotopic (exact) mass is 182 g/mol. The second-order valence-electron chi connectivity index (χ2n) is 5.28. The molecule has 0 aromatic rings. The van der Waals surface area contributed by atoms with E-state index in [-0.39, 0.29) is 0 Å². The van der Waals surface area contributed by atoms with Crippen molar-refractivity contribution in [2.45, 2.75) is 45.1 Å². The fraction of sp³-hybridized carbons (Fsp3) is 1.00. The van der Waals surface area contributed by atoms with Gasteiger partial charge in [-0.15, -0.1) is 0 Å². The molecule has 0 spiro atoms. The summed E-state index contributed by atoms with van der Waals surface area (Å²) >= 11 is 0. The van der Waals surface area contributed by atoms with E-state index in [1.165, 1.54) is 32.1 Å². The first-order valence-corrected chi connectivity index (χ1v) is 5.62. The maximum atomic E-state index is 6.18. The van der Waals surface area contributed by atoms with Gasteiger partial charge in [0.25, 0.3) is 0 Å². The molecule has 13 heavy (non-hydrogen) atoms. The summed E-state index contributed by atoms with van der Waals surface area (Å²) in [4.78, 5) is 0. The maximum absolute atomic E-state index is 6.18. The van der Waals surface area contributed by atoms with Gasteiger partial charge in [-0.25, -0.2) is 0 Å². The molecule has 0 heterocycles. The SMILES string of the molecule is CC12CC1CC(CN)CCCC2N. The molecule has 0 amide bonds. The Morgan fingerprint density at radius 1 is 1.38 bits per heavy atom. The summed E-state index contributed by atoms with van der Waals surface area (Å²) in [6.45, 7) is 3.24. The van der Waals surface area contributed by atoms with Crippen molar-refractivity contribution in [1.29, 1.82) is 0 Å². The molecular formula is C11H22N2. The van der Waals surface area contributed by atoms with Gasteiger partial charge in [-0.3, -0.25) is 0 Å². The Labute approximate surface area is 81.1 Å². The van der Waals surface area contributed by atoms with Gasteiger partial charge in [0.15, 0.2) is 0 Å². The van der Waals surface area contributed by atoms with Crippen molar-refractivity contribution >= 4 is 0 Å². The lowest BCUT2D eigenvalue weighted by Crippen LogP contribution is -2.33. The Balaban J connectivity index is 1.99. The average Bonchev–Trinajstić information content (AvgIpc) is 2.73. The van der Waals surface area contributed by atoms with Crippen molar-refractivity contribution in [2.75, 3.05) is 6.54 Å². The summed E-state index contributed by atoms with van der Waals surface area (Å²) in [6.07, 6.45) is 6.48. The van der Waals surface area contributed by atoms with Gasteiger partial charge in [-0.1, -0.05) is 13.3 Å². The van der Waals surface area contributed by atoms with Crippen LogP contribution in [0.4, 0.5) is 0 Å². The highest BCUT2D eigenvalue weighted by atomic mass is 14.8. The Bertz CT molecular complexity index is 193. The third-order valence-electron chi connectivity index (χ3n) is 4.38. The van der Waals surface area contributed by atoms with Gasteiger partial charge in [-0.2, -0.15) is 0 Å². The van der Waals surface area contributed by atoms with E-state index in [1.807, 2.05) is 0 Å². The molecule has 0 radical (unpaired) electrons. The minimum absolute atomic E-state index is 0.455. The zero-order valence-electron chi connectivity index (χ0n) is 8.63. The number of nitrogens with two attached hydrogens (primary N) is 2. The van der Waals surface area contributed by atoms with Gasteiger partial charge in [0.1, 0.15) is 0 Å². The summed E-state index contributed by atoms with van der Waals surface area (Å²) in [7, 11) is 0. The summed E-state index contributed by atoms with van der Waals surface area (Å²) in [5.41, 5.74) is 12.4. The van der Waals surface area contributed by atoms with Gasteiger partial charge in [0.2, 0.25) is 0 Å². The summed E-state index contributed by atoms with van der Waals surface area (Å²) in [5, 5.41) is 0. The van der Waals surface area contributed by atoms with Crippen molar-refractivity contribution in [3.05, 3.63) is 0 Å². The Kier molecular flexibility index (Phi) is 2.37. The Morgan fingerprint density at radius 2 is 2.15 bits per heavy atom. The number of hydrogen-bond acceptors (Lipinski definition) is 2. The molecule has 0 aromatic heterocycles. The summed E-state index contributed by atoms with van der Waals surface area (Å²) in [5.74, 6) is 1.66. The van der Waals surface area contributed by atoms with E-state index in [9.17, 15) is 0 Å². The van der Waals surface area contributed by atoms with Gasteiger partial charge in [0, 0.05) is 6.04 Å². The zero-order chi connectivity index (χ0) is 9.47. The van der Waals surface area contributed by atoms with Crippen LogP contribution in [0.1, 0.15) is 39.0 Å². The molecular weight excluding hydrogens is 160 g/mol. The first-order chi connectivity index (χ1) is 6.16. The molecule has 2 aliphatic carbocycles. The molecule has 2 heteroatoms. The third kappa shape index (κ3) is 1.62. The molecule has 2 aliphatic rings. The first kappa shape index (κ1) is 9.47. The first-order valence-electron chi connectivity index (χ1n) is 5.62. The molecule has 4 N–H and O–H groups in total. The van der Waals surface area contributed by atoms with Crippen LogP contribution in [-0.2, 0) is 0 Å². The molecule has 0 bridgehead atoms. The van der Waals surface area contributed by atoms with Crippen LogP contribution in [0.25, 0.3) is 0 Å². The summed E-state index contributed by atoms with van der Waals surface area (Å²) < 4.78 is 0. The predicted molar refractivity (Wildman–Crippen MR) is 55.2 cm³/mol. The Morgan fingerprint density at radius 3 is 2.85 bits per heavy atom. The van der Waals surface area contributed by atoms with Crippen LogP contribution in [0.15, 0.2) is 0 Å². The molecule has 2 rings (SSSR count). The van der Waals surface area contributed by atoms with Crippen LogP contribution in [0.3, 0.4) is 0 Å². The maximum Gasteiger partial charge on any atom is 0.00956 e. The van der Waals surface area contributed by atoms with Crippen molar-refractivity contribution < 1.29 is 0 Å². The smallest absolute Gasteiger partial charge is 0.00956 e. The van der Waals surface area contributed by atoms with Crippen LogP contribution >= 0.6 is 0 Å². The van der Waals surface area contributed by atoms with E-state index in [0.717, 1.165) is 18.4 Å². The van der Waals surface area contributed by atoms with Gasteiger partial charge in [-0.05, 0) is 49.5 Å². The quantitative estimate of drug-likeness (QED) is 0.645. The van der Waals surface area contributed by atoms with Crippen LogP contribution in [0, 0.1) is 17.3 Å². The lowest BCUT2D eigenvalue weighted by molar-refractivity contribution is 0.288. The molecule has 2 saturated carbocycles. The third-order valence-corrected chi connectivity index (χ3v) is 4.38. The summed E-state index contributed by atoms with van der Waals surface area (Å²) in [6, 6.07) is 0.455. The van der Waals surface area contributed by atoms with Crippen molar-refractivity contribution in [2.24, 2.45) is 28.7 Å². The van der Waals surface area contributed by atoms with E-state index in [2.05, 4.69) is 6.92 Å². The lowest BCUT2D eigenvalue weighted by atomic mass is 9.83. The second-order valence-corrected chi connectivity index (χ2v) is 5.28. The van der Waals surface area contributed by atoms with E-state index in [4.69, 9.17) is 11.5 Å². The number of hydrogen-bond donors (Lipinski definition) is 2. The Hall–Kier alpha value is -0.0800. The predicted octanol–water partition coefficient (Wildman–Crippen LogP) is 1.49. The number of fused-ring (bicyclic) bond motifs is 1. The molecule has 2 nitrogen and oxygen atoms in total. The van der Waals surface area contributed by atoms with Gasteiger partial charge in [0.05, 0.1) is 0 Å². The van der Waals surface area contributed by atoms with Gasteiger partial charge < -0.3 is 11.5 Å². The highest BCUT2D eigenvalue weighted by Crippen LogP contribution is 2.59. The topological polar surface area (TPSA) is 52.0 Å². The fourth-order valence-electron chi connectivity index (χ4n) is 2.97. The van der Waals surface area contributed by atoms with Crippen LogP contribution < -0.4 is 11.5 Å². The highest BCUT2D eigenvalue weighted by molar-refractivity contribution is 5.06. The minimum Gasteiger partial charge on any atom is -0.330 e. The molecule has 4 unspecified atom stereocenters. The zero-order valence-corrected chi connectivity index (χ0v) is 8.63. The minimum atomic E-state index is 0.455. The van der Waals surface area contributed by atoms with Crippen LogP contribution in [-0.4, -0.2) is 12.6 Å². The van der Waals surface area contributed by atoms with E-state index in [0.29, 0.717) is 11.5 Å². The molecule has 4 atom stereocenters. The normalized spacial score (nSPS) is 50.5. The van der Waals surface area contributed by atoms with Crippen LogP contribution in [0.2, 0.25) is 0 Å². The van der Waals surface area contributed by atoms with Gasteiger partial charge >= 0.3 is 0 Å². The highest BCUT2D eigenvalue weighted by Gasteiger charge is 2.54. The molecule has 0 aliphatic heterocycles. The lowest BCUT2D eigenvalue weighted by Gasteiger charge is -2.26. The largest absolute Gasteiger partial charge is 0.330 e. The molecule has 0 aromatic carbocycles. The average molecular weight is 182 g/mol. The second kappa shape index (κ2) is 3.25. The van der Waals surface area contributed by atoms with E-state index < -0.39 is 0 Å². The molecule has 2 fully saturated rings. The van der Waals surface area contributed by atoms with Crippen molar-refractivity contribution in [3.63, 3.8) is 0 Å². The van der Waals surface area contributed by atoms with Crippen molar-refractivity contribution in [3.8, 4) is 0 Å². The van der Waals surface area contributed by atoms with Crippen molar-refractivity contribution in [1.82, 2.24) is 0 Å². The molecule has 76 valence electrons. The van der Waals surface area contributed by atoms with E-state index in [1.54, 1.807) is 0 Å². The molecule has 0 saturated heterocycles. The number of rotatable bonds is 1.